The minimum atomic E-state index is -0.934. The molecule has 0 atom stereocenters. The van der Waals surface area contributed by atoms with Crippen LogP contribution >= 0.6 is 0 Å². The van der Waals surface area contributed by atoms with E-state index in [1.165, 1.54) is 31.5 Å². The van der Waals surface area contributed by atoms with Crippen molar-refractivity contribution >= 4 is 12.1 Å². The van der Waals surface area contributed by atoms with Crippen LogP contribution < -0.4 is 5.43 Å². The summed E-state index contributed by atoms with van der Waals surface area (Å²) in [6.07, 6.45) is 7.24. The van der Waals surface area contributed by atoms with Gasteiger partial charge in [-0.2, -0.15) is 5.10 Å². The molecule has 1 aliphatic heterocycles. The number of amides is 1. The van der Waals surface area contributed by atoms with Crippen LogP contribution in [0.2, 0.25) is 0 Å². The fourth-order valence-corrected chi connectivity index (χ4v) is 2.48. The Morgan fingerprint density at radius 2 is 1.82 bits per heavy atom. The van der Waals surface area contributed by atoms with E-state index in [-0.39, 0.29) is 5.91 Å². The molecule has 1 aromatic carbocycles. The van der Waals surface area contributed by atoms with E-state index in [2.05, 4.69) is 15.4 Å². The summed E-state index contributed by atoms with van der Waals surface area (Å²) in [5, 5.41) is 3.78. The van der Waals surface area contributed by atoms with Gasteiger partial charge in [-0.1, -0.05) is 25.3 Å². The van der Waals surface area contributed by atoms with Gasteiger partial charge in [0.1, 0.15) is 0 Å². The molecule has 0 bridgehead atoms. The first-order valence-corrected chi connectivity index (χ1v) is 7.64. The largest absolute Gasteiger partial charge is 0.294 e. The van der Waals surface area contributed by atoms with E-state index in [0.29, 0.717) is 12.1 Å². The van der Waals surface area contributed by atoms with Crippen molar-refractivity contribution in [1.82, 2.24) is 10.3 Å². The lowest BCUT2D eigenvalue weighted by Crippen LogP contribution is -2.37. The predicted molar refractivity (Wildman–Crippen MR) is 81.6 cm³/mol. The van der Waals surface area contributed by atoms with Crippen molar-refractivity contribution in [3.05, 3.63) is 35.4 Å². The Kier molecular flexibility index (Phi) is 6.45. The lowest BCUT2D eigenvalue weighted by molar-refractivity contribution is -0.122. The average molecular weight is 309 g/mol. The molecular weight excluding hydrogens is 288 g/mol. The van der Waals surface area contributed by atoms with Gasteiger partial charge in [-0.15, -0.1) is 0 Å². The number of nitrogens with one attached hydrogen (secondary N) is 1. The number of rotatable bonds is 4. The summed E-state index contributed by atoms with van der Waals surface area (Å²) in [5.74, 6) is -2.03. The van der Waals surface area contributed by atoms with Gasteiger partial charge in [-0.3, -0.25) is 9.69 Å². The van der Waals surface area contributed by atoms with Crippen molar-refractivity contribution in [3.63, 3.8) is 0 Å². The highest BCUT2D eigenvalue weighted by Gasteiger charge is 2.11. The van der Waals surface area contributed by atoms with Crippen LogP contribution in [0, 0.1) is 11.6 Å². The van der Waals surface area contributed by atoms with Crippen molar-refractivity contribution in [3.8, 4) is 0 Å². The molecule has 1 amide bonds. The third-order valence-electron chi connectivity index (χ3n) is 3.66. The minimum absolute atomic E-state index is 0.195. The molecule has 0 aromatic heterocycles. The Balaban J connectivity index is 1.78. The monoisotopic (exact) mass is 309 g/mol. The highest BCUT2D eigenvalue weighted by atomic mass is 19.2. The first-order chi connectivity index (χ1) is 10.6. The van der Waals surface area contributed by atoms with Crippen molar-refractivity contribution in [2.45, 2.75) is 32.1 Å². The third kappa shape index (κ3) is 5.52. The number of carbonyl (C=O) groups excluding carboxylic acids is 1. The molecule has 2 rings (SSSR count). The fourth-order valence-electron chi connectivity index (χ4n) is 2.48. The first kappa shape index (κ1) is 16.5. The van der Waals surface area contributed by atoms with Crippen LogP contribution in [0.25, 0.3) is 0 Å². The minimum Gasteiger partial charge on any atom is -0.294 e. The van der Waals surface area contributed by atoms with Gasteiger partial charge >= 0.3 is 0 Å². The summed E-state index contributed by atoms with van der Waals surface area (Å²) >= 11 is 0. The Bertz CT molecular complexity index is 526. The zero-order valence-electron chi connectivity index (χ0n) is 12.5. The molecule has 0 radical (unpaired) electrons. The van der Waals surface area contributed by atoms with Gasteiger partial charge < -0.3 is 0 Å². The van der Waals surface area contributed by atoms with Crippen LogP contribution in [0.4, 0.5) is 8.78 Å². The van der Waals surface area contributed by atoms with Gasteiger partial charge in [-0.25, -0.2) is 14.2 Å². The van der Waals surface area contributed by atoms with E-state index in [1.54, 1.807) is 0 Å². The number of carbonyl (C=O) groups is 1. The van der Waals surface area contributed by atoms with Gasteiger partial charge in [0.25, 0.3) is 5.91 Å². The lowest BCUT2D eigenvalue weighted by atomic mass is 10.1. The van der Waals surface area contributed by atoms with Gasteiger partial charge in [0.15, 0.2) is 11.6 Å². The molecule has 1 N–H and O–H groups in total. The smallest absolute Gasteiger partial charge is 0.254 e. The van der Waals surface area contributed by atoms with Crippen molar-refractivity contribution < 1.29 is 13.6 Å². The zero-order chi connectivity index (χ0) is 15.8. The second kappa shape index (κ2) is 8.58. The number of hydrogen-bond donors (Lipinski definition) is 1. The fraction of sp³-hybridized carbons (Fsp3) is 0.500. The molecule has 4 nitrogen and oxygen atoms in total. The van der Waals surface area contributed by atoms with E-state index < -0.39 is 11.6 Å². The molecule has 1 heterocycles. The van der Waals surface area contributed by atoms with Crippen LogP contribution in [-0.2, 0) is 4.79 Å². The topological polar surface area (TPSA) is 44.7 Å². The summed E-state index contributed by atoms with van der Waals surface area (Å²) in [6.45, 7) is 2.18. The molecule has 1 fully saturated rings. The summed E-state index contributed by atoms with van der Waals surface area (Å²) < 4.78 is 25.8. The molecular formula is C16H21F2N3O. The van der Waals surface area contributed by atoms with Crippen LogP contribution in [-0.4, -0.2) is 36.7 Å². The zero-order valence-corrected chi connectivity index (χ0v) is 12.5. The van der Waals surface area contributed by atoms with E-state index in [9.17, 15) is 13.6 Å². The van der Waals surface area contributed by atoms with Gasteiger partial charge in [0.05, 0.1) is 12.8 Å². The Hall–Kier alpha value is -1.82. The van der Waals surface area contributed by atoms with Crippen molar-refractivity contribution in [1.29, 1.82) is 0 Å². The molecule has 22 heavy (non-hydrogen) atoms. The molecule has 0 saturated carbocycles. The lowest BCUT2D eigenvalue weighted by Gasteiger charge is -2.23. The molecule has 0 spiro atoms. The van der Waals surface area contributed by atoms with Crippen molar-refractivity contribution in [2.75, 3.05) is 19.6 Å². The van der Waals surface area contributed by atoms with E-state index in [0.717, 1.165) is 38.1 Å². The second-order valence-corrected chi connectivity index (χ2v) is 5.51. The quantitative estimate of drug-likeness (QED) is 0.686. The third-order valence-corrected chi connectivity index (χ3v) is 3.66. The molecule has 1 aliphatic rings. The van der Waals surface area contributed by atoms with Gasteiger partial charge in [-0.05, 0) is 43.6 Å². The van der Waals surface area contributed by atoms with Crippen molar-refractivity contribution in [2.24, 2.45) is 5.10 Å². The summed E-state index contributed by atoms with van der Waals surface area (Å²) in [7, 11) is 0. The van der Waals surface area contributed by atoms with Gasteiger partial charge in [0.2, 0.25) is 0 Å². The second-order valence-electron chi connectivity index (χ2n) is 5.51. The summed E-state index contributed by atoms with van der Waals surface area (Å²) in [5.41, 5.74) is 2.82. The van der Waals surface area contributed by atoms with Crippen LogP contribution in [0.3, 0.4) is 0 Å². The highest BCUT2D eigenvalue weighted by Crippen LogP contribution is 2.10. The Morgan fingerprint density at radius 3 is 2.50 bits per heavy atom. The molecule has 1 saturated heterocycles. The Morgan fingerprint density at radius 1 is 1.14 bits per heavy atom. The van der Waals surface area contributed by atoms with E-state index in [1.807, 2.05) is 0 Å². The summed E-state index contributed by atoms with van der Waals surface area (Å²) in [4.78, 5) is 13.9. The average Bonchev–Trinajstić information content (AvgIpc) is 2.45. The van der Waals surface area contributed by atoms with Crippen LogP contribution in [0.15, 0.2) is 23.3 Å². The molecule has 120 valence electrons. The van der Waals surface area contributed by atoms with Crippen LogP contribution in [0.5, 0.6) is 0 Å². The number of likely N-dealkylation sites (tertiary alicyclic amines) is 1. The first-order valence-electron chi connectivity index (χ1n) is 7.64. The maximum Gasteiger partial charge on any atom is 0.254 e. The van der Waals surface area contributed by atoms with Gasteiger partial charge in [0, 0.05) is 0 Å². The molecule has 6 heteroatoms. The Labute approximate surface area is 129 Å². The molecule has 0 unspecified atom stereocenters. The SMILES string of the molecule is O=C(CN1CCCCCCC1)N/N=C/c1ccc(F)c(F)c1. The predicted octanol–water partition coefficient (Wildman–Crippen LogP) is 2.68. The number of hydrazone groups is 1. The van der Waals surface area contributed by atoms with E-state index >= 15 is 0 Å². The number of benzene rings is 1. The number of halogens is 2. The molecule has 0 aliphatic carbocycles. The van der Waals surface area contributed by atoms with E-state index in [4.69, 9.17) is 0 Å². The highest BCUT2D eigenvalue weighted by molar-refractivity contribution is 5.83. The maximum atomic E-state index is 13.0. The molecule has 1 aromatic rings. The summed E-state index contributed by atoms with van der Waals surface area (Å²) in [6, 6.07) is 3.45. The standard InChI is InChI=1S/C16H21F2N3O/c17-14-7-6-13(10-15(14)18)11-19-20-16(22)12-21-8-4-2-1-3-5-9-21/h6-7,10-11H,1-5,8-9,12H2,(H,20,22)/b19-11+. The normalized spacial score (nSPS) is 17.2. The number of nitrogens with zero attached hydrogens (tertiary/aromatic N) is 2. The number of hydrogen-bond acceptors (Lipinski definition) is 3. The maximum absolute atomic E-state index is 13.0. The van der Waals surface area contributed by atoms with Crippen LogP contribution in [0.1, 0.15) is 37.7 Å².